The molecule has 4 heteroatoms. The highest BCUT2D eigenvalue weighted by molar-refractivity contribution is 7.11. The molecule has 0 amide bonds. The summed E-state index contributed by atoms with van der Waals surface area (Å²) in [4.78, 5) is 2.16. The molecule has 0 N–H and O–H groups in total. The van der Waals surface area contributed by atoms with Crippen molar-refractivity contribution in [3.8, 4) is 0 Å². The maximum absolute atomic E-state index is 5.98. The van der Waals surface area contributed by atoms with E-state index in [1.165, 1.54) is 21.9 Å². The van der Waals surface area contributed by atoms with Crippen LogP contribution in [0.3, 0.4) is 0 Å². The fourth-order valence-corrected chi connectivity index (χ4v) is 2.65. The first-order valence-electron chi connectivity index (χ1n) is 4.88. The summed E-state index contributed by atoms with van der Waals surface area (Å²) in [6, 6.07) is 8.19. The second-order valence-corrected chi connectivity index (χ2v) is 5.16. The van der Waals surface area contributed by atoms with Crippen molar-refractivity contribution in [1.29, 1.82) is 0 Å². The summed E-state index contributed by atoms with van der Waals surface area (Å²) in [7, 11) is 2.05. The van der Waals surface area contributed by atoms with E-state index in [2.05, 4.69) is 22.4 Å². The number of aromatic nitrogens is 1. The van der Waals surface area contributed by atoms with E-state index in [9.17, 15) is 0 Å². The number of hydrogen-bond donors (Lipinski definition) is 0. The third kappa shape index (κ3) is 2.24. The lowest BCUT2D eigenvalue weighted by atomic mass is 10.2. The Labute approximate surface area is 98.6 Å². The van der Waals surface area contributed by atoms with Crippen LogP contribution in [-0.4, -0.2) is 23.3 Å². The van der Waals surface area contributed by atoms with Crippen molar-refractivity contribution < 1.29 is 0 Å². The molecule has 1 heterocycles. The first kappa shape index (κ1) is 10.7. The van der Waals surface area contributed by atoms with Crippen LogP contribution in [-0.2, 0) is 0 Å². The van der Waals surface area contributed by atoms with Gasteiger partial charge in [-0.3, -0.25) is 0 Å². The van der Waals surface area contributed by atoms with E-state index in [4.69, 9.17) is 11.6 Å². The largest absolute Gasteiger partial charge is 0.363 e. The molecule has 0 spiro atoms. The Morgan fingerprint density at radius 2 is 2.20 bits per heavy atom. The molecule has 15 heavy (non-hydrogen) atoms. The number of fused-ring (bicyclic) bond motifs is 1. The van der Waals surface area contributed by atoms with Gasteiger partial charge in [-0.05, 0) is 30.6 Å². The van der Waals surface area contributed by atoms with Crippen molar-refractivity contribution in [2.24, 2.45) is 0 Å². The Kier molecular flexibility index (Phi) is 3.12. The molecule has 2 nitrogen and oxygen atoms in total. The summed E-state index contributed by atoms with van der Waals surface area (Å²) < 4.78 is 4.40. The van der Waals surface area contributed by atoms with Crippen LogP contribution in [0.15, 0.2) is 24.3 Å². The third-order valence-corrected chi connectivity index (χ3v) is 3.37. The zero-order chi connectivity index (χ0) is 10.8. The molecule has 0 saturated carbocycles. The number of halogens is 1. The van der Waals surface area contributed by atoms with Gasteiger partial charge in [0.05, 0.1) is 5.52 Å². The number of benzene rings is 1. The van der Waals surface area contributed by atoms with E-state index in [1.54, 1.807) is 0 Å². The highest BCUT2D eigenvalue weighted by Crippen LogP contribution is 2.30. The Bertz CT molecular complexity index is 453. The number of anilines is 1. The maximum atomic E-state index is 5.98. The molecule has 0 aliphatic carbocycles. The van der Waals surface area contributed by atoms with Crippen LogP contribution in [0.2, 0.25) is 0 Å². The van der Waals surface area contributed by atoms with Gasteiger partial charge < -0.3 is 4.90 Å². The van der Waals surface area contributed by atoms with Crippen molar-refractivity contribution in [2.75, 3.05) is 18.5 Å². The Hall–Kier alpha value is -0.800. The van der Waals surface area contributed by atoms with Gasteiger partial charge in [0, 0.05) is 24.4 Å². The van der Waals surface area contributed by atoms with Crippen molar-refractivity contribution in [3.63, 3.8) is 0 Å². The van der Waals surface area contributed by atoms with Crippen molar-refractivity contribution in [2.45, 2.75) is 12.3 Å². The highest BCUT2D eigenvalue weighted by Gasteiger charge is 2.11. The molecule has 0 radical (unpaired) electrons. The molecule has 80 valence electrons. The van der Waals surface area contributed by atoms with Crippen molar-refractivity contribution in [1.82, 2.24) is 4.37 Å². The Morgan fingerprint density at radius 3 is 2.93 bits per heavy atom. The lowest BCUT2D eigenvalue weighted by molar-refractivity contribution is 0.869. The third-order valence-electron chi connectivity index (χ3n) is 2.24. The van der Waals surface area contributed by atoms with Crippen LogP contribution in [0.4, 0.5) is 5.00 Å². The normalized spacial score (nSPS) is 13.0. The second-order valence-electron chi connectivity index (χ2n) is 3.67. The van der Waals surface area contributed by atoms with Gasteiger partial charge in [-0.1, -0.05) is 12.1 Å². The van der Waals surface area contributed by atoms with Gasteiger partial charge in [0.25, 0.3) is 0 Å². The fraction of sp³-hybridized carbons (Fsp3) is 0.364. The smallest absolute Gasteiger partial charge is 0.119 e. The predicted molar refractivity (Wildman–Crippen MR) is 68.2 cm³/mol. The molecule has 2 rings (SSSR count). The minimum Gasteiger partial charge on any atom is -0.363 e. The molecule has 2 aromatic rings. The molecule has 0 bridgehead atoms. The standard InChI is InChI=1S/C11H13ClN2S/c1-8(12)7-14(2)11-9-5-3-4-6-10(9)13-15-11/h3-6,8H,7H2,1-2H3. The SMILES string of the molecule is CC(Cl)CN(C)c1snc2ccccc12. The first-order chi connectivity index (χ1) is 7.18. The number of rotatable bonds is 3. The van der Waals surface area contributed by atoms with Gasteiger partial charge in [-0.15, -0.1) is 11.6 Å². The average Bonchev–Trinajstić information content (AvgIpc) is 2.59. The minimum atomic E-state index is 0.149. The molecule has 1 atom stereocenters. The van der Waals surface area contributed by atoms with Crippen LogP contribution in [0.25, 0.3) is 10.9 Å². The number of nitrogens with zero attached hydrogens (tertiary/aromatic N) is 2. The lowest BCUT2D eigenvalue weighted by Gasteiger charge is -2.18. The van der Waals surface area contributed by atoms with Crippen LogP contribution >= 0.6 is 23.1 Å². The molecule has 1 aromatic heterocycles. The first-order valence-corrected chi connectivity index (χ1v) is 6.09. The Morgan fingerprint density at radius 1 is 1.47 bits per heavy atom. The summed E-state index contributed by atoms with van der Waals surface area (Å²) in [6.07, 6.45) is 0. The fourth-order valence-electron chi connectivity index (χ4n) is 1.61. The molecule has 0 aliphatic rings. The monoisotopic (exact) mass is 240 g/mol. The maximum Gasteiger partial charge on any atom is 0.119 e. The van der Waals surface area contributed by atoms with Crippen LogP contribution in [0.1, 0.15) is 6.92 Å². The lowest BCUT2D eigenvalue weighted by Crippen LogP contribution is -2.23. The van der Waals surface area contributed by atoms with Gasteiger partial charge in [-0.25, -0.2) is 0 Å². The van der Waals surface area contributed by atoms with E-state index >= 15 is 0 Å². The van der Waals surface area contributed by atoms with Crippen molar-refractivity contribution in [3.05, 3.63) is 24.3 Å². The highest BCUT2D eigenvalue weighted by atomic mass is 35.5. The molecule has 0 aliphatic heterocycles. The Balaban J connectivity index is 2.35. The molecule has 0 saturated heterocycles. The van der Waals surface area contributed by atoms with E-state index in [-0.39, 0.29) is 5.38 Å². The summed E-state index contributed by atoms with van der Waals surface area (Å²) >= 11 is 7.51. The predicted octanol–water partition coefficient (Wildman–Crippen LogP) is 3.36. The molecular formula is C11H13ClN2S. The van der Waals surface area contributed by atoms with Crippen LogP contribution in [0, 0.1) is 0 Å². The topological polar surface area (TPSA) is 16.1 Å². The number of hydrogen-bond acceptors (Lipinski definition) is 3. The van der Waals surface area contributed by atoms with Crippen LogP contribution in [0.5, 0.6) is 0 Å². The molecule has 0 fully saturated rings. The summed E-state index contributed by atoms with van der Waals surface area (Å²) in [5.74, 6) is 0. The number of alkyl halides is 1. The van der Waals surface area contributed by atoms with Gasteiger partial charge in [-0.2, -0.15) is 4.37 Å². The molecular weight excluding hydrogens is 228 g/mol. The summed E-state index contributed by atoms with van der Waals surface area (Å²) in [6.45, 7) is 2.84. The van der Waals surface area contributed by atoms with E-state index in [0.29, 0.717) is 0 Å². The second kappa shape index (κ2) is 4.37. The minimum absolute atomic E-state index is 0.149. The average molecular weight is 241 g/mol. The molecule has 1 aromatic carbocycles. The zero-order valence-electron chi connectivity index (χ0n) is 8.77. The van der Waals surface area contributed by atoms with E-state index in [0.717, 1.165) is 12.1 Å². The zero-order valence-corrected chi connectivity index (χ0v) is 10.3. The van der Waals surface area contributed by atoms with E-state index in [1.807, 2.05) is 25.1 Å². The van der Waals surface area contributed by atoms with Gasteiger partial charge in [0.15, 0.2) is 0 Å². The molecule has 1 unspecified atom stereocenters. The van der Waals surface area contributed by atoms with Gasteiger partial charge in [0.2, 0.25) is 0 Å². The van der Waals surface area contributed by atoms with Crippen LogP contribution < -0.4 is 4.90 Å². The quantitative estimate of drug-likeness (QED) is 0.765. The van der Waals surface area contributed by atoms with Crippen molar-refractivity contribution >= 4 is 39.0 Å². The van der Waals surface area contributed by atoms with Gasteiger partial charge in [0.1, 0.15) is 5.00 Å². The summed E-state index contributed by atoms with van der Waals surface area (Å²) in [5.41, 5.74) is 1.06. The summed E-state index contributed by atoms with van der Waals surface area (Å²) in [5, 5.41) is 2.55. The van der Waals surface area contributed by atoms with Gasteiger partial charge >= 0.3 is 0 Å². The van der Waals surface area contributed by atoms with E-state index < -0.39 is 0 Å².